The average molecular weight is 272 g/mol. The van der Waals surface area contributed by atoms with Gasteiger partial charge in [0.1, 0.15) is 6.04 Å². The van der Waals surface area contributed by atoms with Crippen molar-refractivity contribution in [2.75, 3.05) is 13.2 Å². The number of carboxylic acid groups (broad SMARTS) is 1. The van der Waals surface area contributed by atoms with Crippen molar-refractivity contribution >= 4 is 12.0 Å². The molecular weight excluding hydrogens is 248 g/mol. The Hall–Kier alpha value is -1.30. The van der Waals surface area contributed by atoms with Gasteiger partial charge in [-0.15, -0.1) is 0 Å². The molecule has 110 valence electrons. The Morgan fingerprint density at radius 3 is 2.21 bits per heavy atom. The average Bonchev–Trinajstić information content (AvgIpc) is 2.36. The zero-order valence-corrected chi connectivity index (χ0v) is 11.8. The van der Waals surface area contributed by atoms with E-state index in [0.29, 0.717) is 5.92 Å². The number of carbonyl (C=O) groups excluding carboxylic acids is 1. The molecule has 1 saturated heterocycles. The number of urea groups is 1. The number of carboxylic acids is 1. The van der Waals surface area contributed by atoms with Gasteiger partial charge in [0.2, 0.25) is 0 Å². The maximum Gasteiger partial charge on any atom is 0.326 e. The molecule has 0 saturated carbocycles. The van der Waals surface area contributed by atoms with E-state index in [9.17, 15) is 9.59 Å². The molecule has 1 rings (SSSR count). The van der Waals surface area contributed by atoms with Gasteiger partial charge in [0.05, 0.1) is 0 Å². The van der Waals surface area contributed by atoms with Crippen molar-refractivity contribution in [1.29, 1.82) is 0 Å². The van der Waals surface area contributed by atoms with Gasteiger partial charge in [-0.1, -0.05) is 13.8 Å². The highest BCUT2D eigenvalue weighted by Gasteiger charge is 2.26. The molecule has 1 heterocycles. The van der Waals surface area contributed by atoms with Gasteiger partial charge in [0, 0.05) is 19.3 Å². The molecule has 0 aromatic carbocycles. The van der Waals surface area contributed by atoms with Gasteiger partial charge in [-0.05, 0) is 31.6 Å². The van der Waals surface area contributed by atoms with Crippen molar-refractivity contribution in [2.24, 2.45) is 11.8 Å². The summed E-state index contributed by atoms with van der Waals surface area (Å²) in [4.78, 5) is 22.8. The van der Waals surface area contributed by atoms with Gasteiger partial charge in [-0.2, -0.15) is 0 Å². The van der Waals surface area contributed by atoms with Crippen molar-refractivity contribution in [3.05, 3.63) is 0 Å². The third-order valence-corrected chi connectivity index (χ3v) is 3.55. The van der Waals surface area contributed by atoms with Crippen LogP contribution in [0.25, 0.3) is 0 Å². The second-order valence-corrected chi connectivity index (χ2v) is 5.42. The minimum atomic E-state index is -1.01. The van der Waals surface area contributed by atoms with Crippen LogP contribution < -0.4 is 10.6 Å². The smallest absolute Gasteiger partial charge is 0.326 e. The summed E-state index contributed by atoms with van der Waals surface area (Å²) in [6.45, 7) is 6.92. The van der Waals surface area contributed by atoms with E-state index in [2.05, 4.69) is 10.6 Å². The molecule has 1 aliphatic heterocycles. The Bertz CT molecular complexity index is 314. The first-order valence-corrected chi connectivity index (χ1v) is 6.79. The maximum atomic E-state index is 11.8. The van der Waals surface area contributed by atoms with E-state index in [0.717, 1.165) is 26.1 Å². The van der Waals surface area contributed by atoms with Crippen molar-refractivity contribution in [2.45, 2.75) is 45.7 Å². The Morgan fingerprint density at radius 1 is 1.16 bits per heavy atom. The second kappa shape index (κ2) is 7.33. The lowest BCUT2D eigenvalue weighted by molar-refractivity contribution is -0.140. The maximum absolute atomic E-state index is 11.8. The highest BCUT2D eigenvalue weighted by molar-refractivity contribution is 5.82. The van der Waals surface area contributed by atoms with Gasteiger partial charge < -0.3 is 20.5 Å². The molecule has 6 nitrogen and oxygen atoms in total. The van der Waals surface area contributed by atoms with Crippen LogP contribution in [0.3, 0.4) is 0 Å². The van der Waals surface area contributed by atoms with Crippen molar-refractivity contribution < 1.29 is 19.4 Å². The van der Waals surface area contributed by atoms with Crippen LogP contribution in [0.4, 0.5) is 4.79 Å². The van der Waals surface area contributed by atoms with Crippen molar-refractivity contribution in [3.8, 4) is 0 Å². The SMILES string of the molecule is CC(NC(=O)N[C@@H](C(=O)O)C(C)C)C1CCOCC1. The largest absolute Gasteiger partial charge is 0.480 e. The molecule has 2 atom stereocenters. The summed E-state index contributed by atoms with van der Waals surface area (Å²) in [7, 11) is 0. The van der Waals surface area contributed by atoms with E-state index < -0.39 is 18.0 Å². The van der Waals surface area contributed by atoms with Crippen LogP contribution in [0.2, 0.25) is 0 Å². The molecule has 0 radical (unpaired) electrons. The molecule has 2 amide bonds. The van der Waals surface area contributed by atoms with E-state index in [1.165, 1.54) is 0 Å². The number of hydrogen-bond acceptors (Lipinski definition) is 3. The molecule has 6 heteroatoms. The van der Waals surface area contributed by atoms with Crippen LogP contribution in [-0.2, 0) is 9.53 Å². The second-order valence-electron chi connectivity index (χ2n) is 5.42. The van der Waals surface area contributed by atoms with E-state index in [-0.39, 0.29) is 12.0 Å². The molecular formula is C13H24N2O4. The molecule has 0 aliphatic carbocycles. The molecule has 0 spiro atoms. The lowest BCUT2D eigenvalue weighted by Crippen LogP contribution is -2.52. The first-order valence-electron chi connectivity index (χ1n) is 6.79. The summed E-state index contributed by atoms with van der Waals surface area (Å²) in [5.41, 5.74) is 0. The minimum absolute atomic E-state index is 0.0190. The minimum Gasteiger partial charge on any atom is -0.480 e. The molecule has 0 aromatic heterocycles. The van der Waals surface area contributed by atoms with Crippen molar-refractivity contribution in [3.63, 3.8) is 0 Å². The van der Waals surface area contributed by atoms with Gasteiger partial charge >= 0.3 is 12.0 Å². The Morgan fingerprint density at radius 2 is 1.74 bits per heavy atom. The summed E-state index contributed by atoms with van der Waals surface area (Å²) >= 11 is 0. The predicted molar refractivity (Wildman–Crippen MR) is 70.9 cm³/mol. The zero-order chi connectivity index (χ0) is 14.4. The standard InChI is InChI=1S/C13H24N2O4/c1-8(2)11(12(16)17)15-13(18)14-9(3)10-4-6-19-7-5-10/h8-11H,4-7H2,1-3H3,(H,16,17)(H2,14,15,18)/t9?,11-/m1/s1. The van der Waals surface area contributed by atoms with E-state index in [4.69, 9.17) is 9.84 Å². The lowest BCUT2D eigenvalue weighted by atomic mass is 9.93. The number of ether oxygens (including phenoxy) is 1. The fraction of sp³-hybridized carbons (Fsp3) is 0.846. The fourth-order valence-electron chi connectivity index (χ4n) is 2.24. The molecule has 1 fully saturated rings. The quantitative estimate of drug-likeness (QED) is 0.702. The highest BCUT2D eigenvalue weighted by Crippen LogP contribution is 2.18. The van der Waals surface area contributed by atoms with Crippen LogP contribution in [0.15, 0.2) is 0 Å². The van der Waals surface area contributed by atoms with Crippen LogP contribution in [-0.4, -0.2) is 42.4 Å². The van der Waals surface area contributed by atoms with Crippen LogP contribution in [0.5, 0.6) is 0 Å². The predicted octanol–water partition coefficient (Wildman–Crippen LogP) is 1.21. The summed E-state index contributed by atoms with van der Waals surface area (Å²) < 4.78 is 5.28. The molecule has 1 aliphatic rings. The Balaban J connectivity index is 2.42. The molecule has 19 heavy (non-hydrogen) atoms. The normalized spacial score (nSPS) is 19.8. The van der Waals surface area contributed by atoms with Crippen molar-refractivity contribution in [1.82, 2.24) is 10.6 Å². The molecule has 0 aromatic rings. The van der Waals surface area contributed by atoms with E-state index in [1.807, 2.05) is 6.92 Å². The van der Waals surface area contributed by atoms with Crippen LogP contribution >= 0.6 is 0 Å². The van der Waals surface area contributed by atoms with E-state index in [1.54, 1.807) is 13.8 Å². The monoisotopic (exact) mass is 272 g/mol. The third-order valence-electron chi connectivity index (χ3n) is 3.55. The highest BCUT2D eigenvalue weighted by atomic mass is 16.5. The van der Waals surface area contributed by atoms with Gasteiger partial charge in [0.15, 0.2) is 0 Å². The number of aliphatic carboxylic acids is 1. The zero-order valence-electron chi connectivity index (χ0n) is 11.8. The topological polar surface area (TPSA) is 87.7 Å². The Labute approximate surface area is 113 Å². The molecule has 3 N–H and O–H groups in total. The fourth-order valence-corrected chi connectivity index (χ4v) is 2.24. The van der Waals surface area contributed by atoms with Gasteiger partial charge in [-0.25, -0.2) is 9.59 Å². The van der Waals surface area contributed by atoms with Crippen LogP contribution in [0, 0.1) is 11.8 Å². The summed E-state index contributed by atoms with van der Waals surface area (Å²) in [6, 6.07) is -1.26. The third kappa shape index (κ3) is 5.06. The van der Waals surface area contributed by atoms with Crippen LogP contribution in [0.1, 0.15) is 33.6 Å². The molecule has 0 bridgehead atoms. The lowest BCUT2D eigenvalue weighted by Gasteiger charge is -2.29. The van der Waals surface area contributed by atoms with E-state index >= 15 is 0 Å². The summed E-state index contributed by atoms with van der Waals surface area (Å²) in [6.07, 6.45) is 1.85. The number of carbonyl (C=O) groups is 2. The summed E-state index contributed by atoms with van der Waals surface area (Å²) in [5, 5.41) is 14.3. The number of amides is 2. The number of hydrogen-bond donors (Lipinski definition) is 3. The number of nitrogens with one attached hydrogen (secondary N) is 2. The summed E-state index contributed by atoms with van der Waals surface area (Å²) in [5.74, 6) is -0.771. The Kier molecular flexibility index (Phi) is 6.08. The molecule has 1 unspecified atom stereocenters. The van der Waals surface area contributed by atoms with Gasteiger partial charge in [-0.3, -0.25) is 0 Å². The first kappa shape index (κ1) is 15.8. The first-order chi connectivity index (χ1) is 8.91. The number of rotatable bonds is 5. The van der Waals surface area contributed by atoms with Gasteiger partial charge in [0.25, 0.3) is 0 Å².